The fraction of sp³-hybridized carbons (Fsp3) is 0.278. The number of thioether (sulfide) groups is 1. The van der Waals surface area contributed by atoms with E-state index >= 15 is 0 Å². The number of rotatable bonds is 6. The summed E-state index contributed by atoms with van der Waals surface area (Å²) in [5.74, 6) is 1.64. The third kappa shape index (κ3) is 4.66. The van der Waals surface area contributed by atoms with Crippen LogP contribution >= 0.6 is 11.8 Å². The molecule has 0 bridgehead atoms. The number of amides is 1. The minimum absolute atomic E-state index is 0.0342. The van der Waals surface area contributed by atoms with Gasteiger partial charge in [-0.3, -0.25) is 4.79 Å². The van der Waals surface area contributed by atoms with E-state index in [0.29, 0.717) is 17.3 Å². The highest BCUT2D eigenvalue weighted by molar-refractivity contribution is 8.00. The number of hydrogen-bond acceptors (Lipinski definition) is 4. The lowest BCUT2D eigenvalue weighted by molar-refractivity contribution is -0.113. The van der Waals surface area contributed by atoms with E-state index in [1.54, 1.807) is 14.2 Å². The van der Waals surface area contributed by atoms with Gasteiger partial charge >= 0.3 is 0 Å². The van der Waals surface area contributed by atoms with Gasteiger partial charge in [-0.2, -0.15) is 0 Å². The van der Waals surface area contributed by atoms with Crippen molar-refractivity contribution in [3.63, 3.8) is 0 Å². The summed E-state index contributed by atoms with van der Waals surface area (Å²) in [5, 5.41) is 2.92. The molecule has 0 aliphatic rings. The Bertz CT molecular complexity index is 701. The van der Waals surface area contributed by atoms with Gasteiger partial charge in [-0.1, -0.05) is 6.07 Å². The molecule has 1 amide bonds. The summed E-state index contributed by atoms with van der Waals surface area (Å²) >= 11 is 1.46. The number of methoxy groups -OCH3 is 2. The Hall–Kier alpha value is -2.14. The van der Waals surface area contributed by atoms with Crippen molar-refractivity contribution in [2.45, 2.75) is 18.7 Å². The fourth-order valence-corrected chi connectivity index (χ4v) is 2.80. The first kappa shape index (κ1) is 17.2. The molecule has 122 valence electrons. The largest absolute Gasteiger partial charge is 0.493 e. The van der Waals surface area contributed by atoms with Crippen LogP contribution in [0.5, 0.6) is 11.5 Å². The predicted molar refractivity (Wildman–Crippen MR) is 94.8 cm³/mol. The Morgan fingerprint density at radius 1 is 1.00 bits per heavy atom. The number of nitrogens with one attached hydrogen (secondary N) is 1. The first-order chi connectivity index (χ1) is 11.0. The zero-order chi connectivity index (χ0) is 16.8. The van der Waals surface area contributed by atoms with Gasteiger partial charge in [-0.25, -0.2) is 0 Å². The lowest BCUT2D eigenvalue weighted by Crippen LogP contribution is -2.14. The minimum Gasteiger partial charge on any atom is -0.493 e. The van der Waals surface area contributed by atoms with Crippen LogP contribution in [0.1, 0.15) is 11.1 Å². The van der Waals surface area contributed by atoms with Crippen LogP contribution in [-0.2, 0) is 4.79 Å². The molecular weight excluding hydrogens is 310 g/mol. The van der Waals surface area contributed by atoms with Crippen LogP contribution in [0.2, 0.25) is 0 Å². The van der Waals surface area contributed by atoms with E-state index in [1.807, 2.05) is 50.2 Å². The Labute approximate surface area is 141 Å². The van der Waals surface area contributed by atoms with E-state index in [9.17, 15) is 4.79 Å². The summed E-state index contributed by atoms with van der Waals surface area (Å²) in [5.41, 5.74) is 3.20. The Morgan fingerprint density at radius 3 is 2.39 bits per heavy atom. The average molecular weight is 331 g/mol. The number of carbonyl (C=O) groups excluding carboxylic acids is 1. The van der Waals surface area contributed by atoms with Crippen molar-refractivity contribution in [1.82, 2.24) is 0 Å². The minimum atomic E-state index is -0.0342. The fourth-order valence-electron chi connectivity index (χ4n) is 2.07. The third-order valence-electron chi connectivity index (χ3n) is 3.52. The molecule has 0 saturated heterocycles. The maximum Gasteiger partial charge on any atom is 0.234 e. The van der Waals surface area contributed by atoms with Gasteiger partial charge in [-0.15, -0.1) is 11.8 Å². The van der Waals surface area contributed by atoms with Crippen molar-refractivity contribution in [2.24, 2.45) is 0 Å². The van der Waals surface area contributed by atoms with Gasteiger partial charge in [0.2, 0.25) is 5.91 Å². The van der Waals surface area contributed by atoms with Gasteiger partial charge in [0.15, 0.2) is 11.5 Å². The molecule has 5 heteroatoms. The molecule has 0 radical (unpaired) electrons. The number of ether oxygens (including phenoxy) is 2. The molecule has 1 N–H and O–H groups in total. The first-order valence-corrected chi connectivity index (χ1v) is 8.24. The van der Waals surface area contributed by atoms with Crippen LogP contribution in [0.3, 0.4) is 0 Å². The average Bonchev–Trinajstić information content (AvgIpc) is 2.56. The molecule has 0 aliphatic heterocycles. The van der Waals surface area contributed by atoms with Crippen molar-refractivity contribution in [3.8, 4) is 11.5 Å². The normalized spacial score (nSPS) is 10.3. The maximum absolute atomic E-state index is 12.1. The maximum atomic E-state index is 12.1. The standard InChI is InChI=1S/C18H21NO3S/c1-12-5-6-14(9-13(12)2)19-18(20)11-23-15-7-8-16(21-3)17(10-15)22-4/h5-10H,11H2,1-4H3,(H,19,20). The molecule has 2 aromatic rings. The van der Waals surface area contributed by atoms with Crippen LogP contribution in [0.15, 0.2) is 41.3 Å². The predicted octanol–water partition coefficient (Wildman–Crippen LogP) is 4.05. The number of carbonyl (C=O) groups is 1. The summed E-state index contributed by atoms with van der Waals surface area (Å²) in [6.45, 7) is 4.08. The molecule has 23 heavy (non-hydrogen) atoms. The number of anilines is 1. The van der Waals surface area contributed by atoms with Crippen molar-refractivity contribution in [2.75, 3.05) is 25.3 Å². The van der Waals surface area contributed by atoms with E-state index < -0.39 is 0 Å². The van der Waals surface area contributed by atoms with Crippen LogP contribution in [0.4, 0.5) is 5.69 Å². The Kier molecular flexibility index (Phi) is 5.93. The molecule has 0 aromatic heterocycles. The number of benzene rings is 2. The second-order valence-electron chi connectivity index (χ2n) is 5.15. The molecular formula is C18H21NO3S. The van der Waals surface area contributed by atoms with Gasteiger partial charge in [0.1, 0.15) is 0 Å². The van der Waals surface area contributed by atoms with E-state index in [4.69, 9.17) is 9.47 Å². The van der Waals surface area contributed by atoms with Crippen molar-refractivity contribution in [1.29, 1.82) is 0 Å². The van der Waals surface area contributed by atoms with Crippen LogP contribution in [-0.4, -0.2) is 25.9 Å². The Balaban J connectivity index is 1.95. The SMILES string of the molecule is COc1ccc(SCC(=O)Nc2ccc(C)c(C)c2)cc1OC. The van der Waals surface area contributed by atoms with E-state index in [0.717, 1.165) is 16.1 Å². The van der Waals surface area contributed by atoms with Gasteiger partial charge in [0.05, 0.1) is 20.0 Å². The third-order valence-corrected chi connectivity index (χ3v) is 4.51. The smallest absolute Gasteiger partial charge is 0.234 e. The summed E-state index contributed by atoms with van der Waals surface area (Å²) in [4.78, 5) is 13.0. The lowest BCUT2D eigenvalue weighted by Gasteiger charge is -2.10. The van der Waals surface area contributed by atoms with E-state index in [1.165, 1.54) is 17.3 Å². The Morgan fingerprint density at radius 2 is 1.74 bits per heavy atom. The quantitative estimate of drug-likeness (QED) is 0.811. The van der Waals surface area contributed by atoms with Gasteiger partial charge in [0.25, 0.3) is 0 Å². The molecule has 0 heterocycles. The second-order valence-corrected chi connectivity index (χ2v) is 6.20. The van der Waals surface area contributed by atoms with E-state index in [2.05, 4.69) is 5.32 Å². The van der Waals surface area contributed by atoms with Crippen molar-refractivity contribution < 1.29 is 14.3 Å². The second kappa shape index (κ2) is 7.92. The summed E-state index contributed by atoms with van der Waals surface area (Å²) in [6, 6.07) is 11.5. The highest BCUT2D eigenvalue weighted by Gasteiger charge is 2.08. The summed E-state index contributed by atoms with van der Waals surface area (Å²) < 4.78 is 10.5. The van der Waals surface area contributed by atoms with Crippen molar-refractivity contribution >= 4 is 23.4 Å². The first-order valence-electron chi connectivity index (χ1n) is 7.25. The van der Waals surface area contributed by atoms with Gasteiger partial charge in [0, 0.05) is 10.6 Å². The monoisotopic (exact) mass is 331 g/mol. The molecule has 0 fully saturated rings. The molecule has 0 spiro atoms. The molecule has 4 nitrogen and oxygen atoms in total. The van der Waals surface area contributed by atoms with Gasteiger partial charge in [-0.05, 0) is 55.3 Å². The van der Waals surface area contributed by atoms with Crippen LogP contribution in [0, 0.1) is 13.8 Å². The lowest BCUT2D eigenvalue weighted by atomic mass is 10.1. The van der Waals surface area contributed by atoms with Gasteiger partial charge < -0.3 is 14.8 Å². The van der Waals surface area contributed by atoms with Crippen molar-refractivity contribution in [3.05, 3.63) is 47.5 Å². The summed E-state index contributed by atoms with van der Waals surface area (Å²) in [7, 11) is 3.19. The topological polar surface area (TPSA) is 47.6 Å². The molecule has 0 aliphatic carbocycles. The van der Waals surface area contributed by atoms with E-state index in [-0.39, 0.29) is 5.91 Å². The van der Waals surface area contributed by atoms with Crippen LogP contribution < -0.4 is 14.8 Å². The zero-order valence-corrected chi connectivity index (χ0v) is 14.6. The van der Waals surface area contributed by atoms with Crippen LogP contribution in [0.25, 0.3) is 0 Å². The molecule has 0 saturated carbocycles. The molecule has 0 atom stereocenters. The highest BCUT2D eigenvalue weighted by atomic mass is 32.2. The zero-order valence-electron chi connectivity index (χ0n) is 13.8. The highest BCUT2D eigenvalue weighted by Crippen LogP contribution is 2.31. The molecule has 2 aromatic carbocycles. The molecule has 0 unspecified atom stereocenters. The summed E-state index contributed by atoms with van der Waals surface area (Å²) in [6.07, 6.45) is 0. The molecule has 2 rings (SSSR count). The number of hydrogen-bond donors (Lipinski definition) is 1. The number of aryl methyl sites for hydroxylation is 2.